The first-order valence-electron chi connectivity index (χ1n) is 10.9. The van der Waals surface area contributed by atoms with E-state index >= 15 is 0 Å². The Morgan fingerprint density at radius 3 is 2.16 bits per heavy atom. The van der Waals surface area contributed by atoms with E-state index in [1.54, 1.807) is 11.8 Å². The van der Waals surface area contributed by atoms with E-state index in [0.717, 1.165) is 23.9 Å². The van der Waals surface area contributed by atoms with Crippen molar-refractivity contribution in [2.24, 2.45) is 0 Å². The number of rotatable bonds is 6. The first kappa shape index (κ1) is 23.1. The molecule has 0 radical (unpaired) electrons. The van der Waals surface area contributed by atoms with Crippen molar-refractivity contribution in [1.82, 2.24) is 14.7 Å². The summed E-state index contributed by atoms with van der Waals surface area (Å²) in [5, 5.41) is 0.738. The van der Waals surface area contributed by atoms with Gasteiger partial charge in [-0.25, -0.2) is 0 Å². The number of ether oxygens (including phenoxy) is 1. The molecule has 0 aliphatic carbocycles. The van der Waals surface area contributed by atoms with Gasteiger partial charge in [0.05, 0.1) is 19.8 Å². The van der Waals surface area contributed by atoms with Crippen LogP contribution < -0.4 is 0 Å². The summed E-state index contributed by atoms with van der Waals surface area (Å²) in [5.74, 6) is 1.05. The van der Waals surface area contributed by atoms with Crippen LogP contribution >= 0.6 is 23.4 Å². The molecule has 0 N–H and O–H groups in total. The summed E-state index contributed by atoms with van der Waals surface area (Å²) in [5.41, 5.74) is 1.89. The van der Waals surface area contributed by atoms with Gasteiger partial charge >= 0.3 is 0 Å². The van der Waals surface area contributed by atoms with Crippen molar-refractivity contribution in [2.75, 3.05) is 59.0 Å². The Balaban J connectivity index is 1.23. The Hall–Kier alpha value is -2.06. The SMILES string of the molecule is O=C(CN1CCN(C(=O)c2ccc(CSc3ccc(Cl)cc3)cc2)CC1)N1CCOCC1. The average molecular weight is 474 g/mol. The number of hydrogen-bond acceptors (Lipinski definition) is 5. The summed E-state index contributed by atoms with van der Waals surface area (Å²) in [6, 6.07) is 15.7. The summed E-state index contributed by atoms with van der Waals surface area (Å²) < 4.78 is 5.31. The molecule has 2 amide bonds. The number of carbonyl (C=O) groups is 2. The van der Waals surface area contributed by atoms with Crippen LogP contribution in [0.4, 0.5) is 0 Å². The zero-order chi connectivity index (χ0) is 22.3. The lowest BCUT2D eigenvalue weighted by molar-refractivity contribution is -0.136. The summed E-state index contributed by atoms with van der Waals surface area (Å²) in [7, 11) is 0. The van der Waals surface area contributed by atoms with E-state index in [-0.39, 0.29) is 11.8 Å². The van der Waals surface area contributed by atoms with Gasteiger partial charge in [0.2, 0.25) is 5.91 Å². The third-order valence-corrected chi connectivity index (χ3v) is 7.14. The monoisotopic (exact) mass is 473 g/mol. The van der Waals surface area contributed by atoms with Crippen LogP contribution in [0.2, 0.25) is 5.02 Å². The van der Waals surface area contributed by atoms with Crippen molar-refractivity contribution in [3.8, 4) is 0 Å². The molecule has 0 spiro atoms. The van der Waals surface area contributed by atoms with Crippen molar-refractivity contribution in [3.63, 3.8) is 0 Å². The van der Waals surface area contributed by atoms with E-state index in [1.807, 2.05) is 58.3 Å². The molecule has 2 saturated heterocycles. The predicted molar refractivity (Wildman–Crippen MR) is 127 cm³/mol. The molecule has 2 heterocycles. The van der Waals surface area contributed by atoms with Gasteiger partial charge in [0.25, 0.3) is 5.91 Å². The van der Waals surface area contributed by atoms with Gasteiger partial charge < -0.3 is 14.5 Å². The molecule has 0 aromatic heterocycles. The largest absolute Gasteiger partial charge is 0.378 e. The zero-order valence-electron chi connectivity index (χ0n) is 18.0. The smallest absolute Gasteiger partial charge is 0.253 e. The van der Waals surface area contributed by atoms with Gasteiger partial charge in [-0.3, -0.25) is 14.5 Å². The molecule has 170 valence electrons. The predicted octanol–water partition coefficient (Wildman–Crippen LogP) is 3.25. The number of carbonyl (C=O) groups excluding carboxylic acids is 2. The number of halogens is 1. The fraction of sp³-hybridized carbons (Fsp3) is 0.417. The quantitative estimate of drug-likeness (QED) is 0.603. The number of hydrogen-bond donors (Lipinski definition) is 0. The molecule has 0 unspecified atom stereocenters. The first-order chi connectivity index (χ1) is 15.6. The first-order valence-corrected chi connectivity index (χ1v) is 12.3. The molecule has 0 bridgehead atoms. The van der Waals surface area contributed by atoms with Gasteiger partial charge in [-0.15, -0.1) is 11.8 Å². The van der Waals surface area contributed by atoms with Crippen molar-refractivity contribution >= 4 is 35.2 Å². The van der Waals surface area contributed by atoms with Gasteiger partial charge in [-0.1, -0.05) is 23.7 Å². The zero-order valence-corrected chi connectivity index (χ0v) is 19.6. The van der Waals surface area contributed by atoms with Crippen molar-refractivity contribution in [1.29, 1.82) is 0 Å². The fourth-order valence-corrected chi connectivity index (χ4v) is 4.82. The molecule has 32 heavy (non-hydrogen) atoms. The molecule has 2 aliphatic heterocycles. The minimum atomic E-state index is 0.0565. The molecule has 2 aliphatic rings. The highest BCUT2D eigenvalue weighted by Gasteiger charge is 2.25. The maximum Gasteiger partial charge on any atom is 0.253 e. The molecule has 2 aromatic rings. The minimum absolute atomic E-state index is 0.0565. The van der Waals surface area contributed by atoms with Crippen LogP contribution in [0.25, 0.3) is 0 Å². The second kappa shape index (κ2) is 11.2. The van der Waals surface area contributed by atoms with Gasteiger partial charge in [-0.2, -0.15) is 0 Å². The third-order valence-electron chi connectivity index (χ3n) is 5.80. The highest BCUT2D eigenvalue weighted by atomic mass is 35.5. The molecule has 4 rings (SSSR count). The Labute approximate surface area is 198 Å². The van der Waals surface area contributed by atoms with E-state index in [1.165, 1.54) is 10.5 Å². The van der Waals surface area contributed by atoms with Crippen molar-refractivity contribution < 1.29 is 14.3 Å². The van der Waals surface area contributed by atoms with Crippen LogP contribution in [0.1, 0.15) is 15.9 Å². The molecule has 2 aromatic carbocycles. The minimum Gasteiger partial charge on any atom is -0.378 e. The number of benzene rings is 2. The Bertz CT molecular complexity index is 909. The van der Waals surface area contributed by atoms with Crippen molar-refractivity contribution in [3.05, 3.63) is 64.7 Å². The van der Waals surface area contributed by atoms with E-state index in [0.29, 0.717) is 51.5 Å². The van der Waals surface area contributed by atoms with Crippen LogP contribution in [0.5, 0.6) is 0 Å². The summed E-state index contributed by atoms with van der Waals surface area (Å²) in [4.78, 5) is 32.4. The van der Waals surface area contributed by atoms with E-state index in [9.17, 15) is 9.59 Å². The standard InChI is InChI=1S/C24H28ClN3O3S/c25-21-5-7-22(8-6-21)32-18-19-1-3-20(4-2-19)24(30)28-11-9-26(10-12-28)17-23(29)27-13-15-31-16-14-27/h1-8H,9-18H2. The number of thioether (sulfide) groups is 1. The van der Waals surface area contributed by atoms with Crippen LogP contribution in [-0.2, 0) is 15.3 Å². The second-order valence-electron chi connectivity index (χ2n) is 8.00. The molecule has 0 saturated carbocycles. The van der Waals surface area contributed by atoms with Crippen LogP contribution in [0.3, 0.4) is 0 Å². The van der Waals surface area contributed by atoms with E-state index in [4.69, 9.17) is 16.3 Å². The molecule has 0 atom stereocenters. The Morgan fingerprint density at radius 1 is 0.844 bits per heavy atom. The van der Waals surface area contributed by atoms with Crippen LogP contribution in [0.15, 0.2) is 53.4 Å². The third kappa shape index (κ3) is 6.25. The lowest BCUT2D eigenvalue weighted by Crippen LogP contribution is -2.52. The maximum absolute atomic E-state index is 12.9. The highest BCUT2D eigenvalue weighted by molar-refractivity contribution is 7.98. The topological polar surface area (TPSA) is 53.1 Å². The van der Waals surface area contributed by atoms with Gasteiger partial charge in [-0.05, 0) is 42.0 Å². The molecule has 8 heteroatoms. The van der Waals surface area contributed by atoms with Gasteiger partial charge in [0.15, 0.2) is 0 Å². The van der Waals surface area contributed by atoms with Gasteiger partial charge in [0, 0.05) is 60.5 Å². The summed E-state index contributed by atoms with van der Waals surface area (Å²) in [6.07, 6.45) is 0. The van der Waals surface area contributed by atoms with Crippen LogP contribution in [0, 0.1) is 0 Å². The fourth-order valence-electron chi connectivity index (χ4n) is 3.84. The second-order valence-corrected chi connectivity index (χ2v) is 9.49. The number of amides is 2. The number of morpholine rings is 1. The maximum atomic E-state index is 12.9. The Kier molecular flexibility index (Phi) is 8.08. The van der Waals surface area contributed by atoms with Gasteiger partial charge in [0.1, 0.15) is 0 Å². The summed E-state index contributed by atoms with van der Waals surface area (Å²) in [6.45, 7) is 5.72. The molecule has 2 fully saturated rings. The molecular formula is C24H28ClN3O3S. The lowest BCUT2D eigenvalue weighted by atomic mass is 10.1. The highest BCUT2D eigenvalue weighted by Crippen LogP contribution is 2.24. The normalized spacial score (nSPS) is 17.4. The van der Waals surface area contributed by atoms with E-state index < -0.39 is 0 Å². The Morgan fingerprint density at radius 2 is 1.50 bits per heavy atom. The summed E-state index contributed by atoms with van der Waals surface area (Å²) >= 11 is 7.68. The van der Waals surface area contributed by atoms with Crippen molar-refractivity contribution in [2.45, 2.75) is 10.6 Å². The average Bonchev–Trinajstić information content (AvgIpc) is 2.84. The molecular weight excluding hydrogens is 446 g/mol. The lowest BCUT2D eigenvalue weighted by Gasteiger charge is -2.36. The van der Waals surface area contributed by atoms with Crippen LogP contribution in [-0.4, -0.2) is 85.5 Å². The molecule has 6 nitrogen and oxygen atoms in total. The van der Waals surface area contributed by atoms with E-state index in [2.05, 4.69) is 4.90 Å². The number of nitrogens with zero attached hydrogens (tertiary/aromatic N) is 3. The number of piperazine rings is 1.